The van der Waals surface area contributed by atoms with Crippen molar-refractivity contribution in [2.45, 2.75) is 6.42 Å². The van der Waals surface area contributed by atoms with E-state index in [1.807, 2.05) is 30.5 Å². The summed E-state index contributed by atoms with van der Waals surface area (Å²) in [5.41, 5.74) is 2.29. The van der Waals surface area contributed by atoms with E-state index in [1.54, 1.807) is 5.37 Å². The van der Waals surface area contributed by atoms with E-state index in [0.717, 1.165) is 11.9 Å². The zero-order valence-corrected chi connectivity index (χ0v) is 7.92. The van der Waals surface area contributed by atoms with Crippen LogP contribution in [-0.2, 0) is 6.42 Å². The van der Waals surface area contributed by atoms with Crippen LogP contribution in [0.15, 0.2) is 36.5 Å². The lowest BCUT2D eigenvalue weighted by Crippen LogP contribution is -1.88. The first-order valence-electron chi connectivity index (χ1n) is 4.18. The van der Waals surface area contributed by atoms with E-state index in [4.69, 9.17) is 12.2 Å². The topological polar surface area (TPSA) is 12.9 Å². The van der Waals surface area contributed by atoms with Gasteiger partial charge in [0.15, 0.2) is 0 Å². The van der Waals surface area contributed by atoms with Crippen LogP contribution >= 0.6 is 12.2 Å². The molecule has 2 rings (SSSR count). The standard InChI is InChI=1S/C11H9NS/c13-8-6-9-5-7-12-11-4-2-1-3-10(9)11/h1-5,7-8H,6H2. The zero-order chi connectivity index (χ0) is 9.10. The van der Waals surface area contributed by atoms with Crippen molar-refractivity contribution in [3.8, 4) is 0 Å². The maximum Gasteiger partial charge on any atom is 0.0704 e. The molecule has 0 N–H and O–H groups in total. The van der Waals surface area contributed by atoms with Crippen molar-refractivity contribution in [3.05, 3.63) is 42.1 Å². The minimum Gasteiger partial charge on any atom is -0.256 e. The lowest BCUT2D eigenvalue weighted by atomic mass is 10.1. The molecule has 0 unspecified atom stereocenters. The zero-order valence-electron chi connectivity index (χ0n) is 7.10. The van der Waals surface area contributed by atoms with Crippen LogP contribution in [0.3, 0.4) is 0 Å². The molecule has 0 aliphatic heterocycles. The Bertz CT molecular complexity index is 432. The number of thiocarbonyl (C=S) groups is 1. The molecule has 0 amide bonds. The maximum atomic E-state index is 4.85. The summed E-state index contributed by atoms with van der Waals surface area (Å²) < 4.78 is 0. The summed E-state index contributed by atoms with van der Waals surface area (Å²) in [5.74, 6) is 0. The Morgan fingerprint density at radius 2 is 2.08 bits per heavy atom. The molecule has 0 fully saturated rings. The van der Waals surface area contributed by atoms with Gasteiger partial charge in [0, 0.05) is 18.0 Å². The summed E-state index contributed by atoms with van der Waals surface area (Å²) in [6.45, 7) is 0. The first-order valence-corrected chi connectivity index (χ1v) is 4.65. The predicted molar refractivity (Wildman–Crippen MR) is 59.1 cm³/mol. The van der Waals surface area contributed by atoms with Gasteiger partial charge >= 0.3 is 0 Å². The average Bonchev–Trinajstić information content (AvgIpc) is 2.19. The van der Waals surface area contributed by atoms with E-state index in [1.165, 1.54) is 10.9 Å². The Balaban J connectivity index is 2.68. The second-order valence-electron chi connectivity index (χ2n) is 2.86. The smallest absolute Gasteiger partial charge is 0.0704 e. The van der Waals surface area contributed by atoms with Gasteiger partial charge in [-0.1, -0.05) is 30.4 Å². The SMILES string of the molecule is S=CCc1ccnc2ccccc12. The highest BCUT2D eigenvalue weighted by molar-refractivity contribution is 7.79. The van der Waals surface area contributed by atoms with Gasteiger partial charge in [-0.15, -0.1) is 0 Å². The molecule has 0 bridgehead atoms. The summed E-state index contributed by atoms with van der Waals surface area (Å²) in [5, 5.41) is 2.95. The van der Waals surface area contributed by atoms with E-state index in [-0.39, 0.29) is 0 Å². The lowest BCUT2D eigenvalue weighted by molar-refractivity contribution is 1.33. The molecule has 0 spiro atoms. The Labute approximate surface area is 82.4 Å². The Morgan fingerprint density at radius 3 is 2.92 bits per heavy atom. The molecule has 0 aliphatic rings. The number of benzene rings is 1. The molecule has 1 aromatic carbocycles. The number of fused-ring (bicyclic) bond motifs is 1. The van der Waals surface area contributed by atoms with Gasteiger partial charge in [0.2, 0.25) is 0 Å². The minimum atomic E-state index is 0.832. The van der Waals surface area contributed by atoms with Gasteiger partial charge in [-0.2, -0.15) is 0 Å². The number of pyridine rings is 1. The van der Waals surface area contributed by atoms with Crippen molar-refractivity contribution in [2.75, 3.05) is 0 Å². The summed E-state index contributed by atoms with van der Waals surface area (Å²) in [6, 6.07) is 10.1. The molecule has 0 radical (unpaired) electrons. The van der Waals surface area contributed by atoms with E-state index in [9.17, 15) is 0 Å². The largest absolute Gasteiger partial charge is 0.256 e. The van der Waals surface area contributed by atoms with E-state index >= 15 is 0 Å². The third-order valence-electron chi connectivity index (χ3n) is 2.04. The lowest BCUT2D eigenvalue weighted by Gasteiger charge is -2.01. The first-order chi connectivity index (χ1) is 6.42. The normalized spacial score (nSPS) is 10.2. The first kappa shape index (κ1) is 8.32. The number of rotatable bonds is 2. The monoisotopic (exact) mass is 187 g/mol. The van der Waals surface area contributed by atoms with Crippen molar-refractivity contribution >= 4 is 28.5 Å². The van der Waals surface area contributed by atoms with Crippen LogP contribution in [0.5, 0.6) is 0 Å². The van der Waals surface area contributed by atoms with Crippen LogP contribution in [0.2, 0.25) is 0 Å². The summed E-state index contributed by atoms with van der Waals surface area (Å²) in [6.07, 6.45) is 2.66. The van der Waals surface area contributed by atoms with E-state index < -0.39 is 0 Å². The van der Waals surface area contributed by atoms with Crippen LogP contribution < -0.4 is 0 Å². The quantitative estimate of drug-likeness (QED) is 0.670. The molecule has 1 nitrogen and oxygen atoms in total. The van der Waals surface area contributed by atoms with Crippen LogP contribution in [-0.4, -0.2) is 10.4 Å². The van der Waals surface area contributed by atoms with Gasteiger partial charge in [-0.3, -0.25) is 4.98 Å². The number of hydrogen-bond acceptors (Lipinski definition) is 2. The third kappa shape index (κ3) is 1.58. The van der Waals surface area contributed by atoms with E-state index in [2.05, 4.69) is 11.1 Å². The van der Waals surface area contributed by atoms with Gasteiger partial charge in [0.05, 0.1) is 5.52 Å². The van der Waals surface area contributed by atoms with Crippen molar-refractivity contribution in [1.82, 2.24) is 4.98 Å². The van der Waals surface area contributed by atoms with Crippen molar-refractivity contribution in [3.63, 3.8) is 0 Å². The molecule has 1 heterocycles. The van der Waals surface area contributed by atoms with E-state index in [0.29, 0.717) is 0 Å². The van der Waals surface area contributed by atoms with Gasteiger partial charge in [-0.05, 0) is 23.1 Å². The van der Waals surface area contributed by atoms with Crippen molar-refractivity contribution < 1.29 is 0 Å². The number of hydrogen-bond donors (Lipinski definition) is 0. The maximum absolute atomic E-state index is 4.85. The molecular weight excluding hydrogens is 178 g/mol. The van der Waals surface area contributed by atoms with Crippen LogP contribution in [0, 0.1) is 0 Å². The van der Waals surface area contributed by atoms with Gasteiger partial charge in [-0.25, -0.2) is 0 Å². The molecule has 13 heavy (non-hydrogen) atoms. The number of nitrogens with zero attached hydrogens (tertiary/aromatic N) is 1. The van der Waals surface area contributed by atoms with Crippen LogP contribution in [0.4, 0.5) is 0 Å². The second kappa shape index (κ2) is 3.62. The average molecular weight is 187 g/mol. The predicted octanol–water partition coefficient (Wildman–Crippen LogP) is 2.78. The fourth-order valence-electron chi connectivity index (χ4n) is 1.42. The molecular formula is C11H9NS. The van der Waals surface area contributed by atoms with Crippen molar-refractivity contribution in [1.29, 1.82) is 0 Å². The number of para-hydroxylation sites is 1. The molecule has 1 aromatic heterocycles. The van der Waals surface area contributed by atoms with Crippen molar-refractivity contribution in [2.24, 2.45) is 0 Å². The third-order valence-corrected chi connectivity index (χ3v) is 2.21. The fraction of sp³-hybridized carbons (Fsp3) is 0.0909. The molecule has 2 aromatic rings. The molecule has 64 valence electrons. The Hall–Kier alpha value is -1.28. The van der Waals surface area contributed by atoms with Gasteiger partial charge < -0.3 is 0 Å². The fourth-order valence-corrected chi connectivity index (χ4v) is 1.60. The minimum absolute atomic E-state index is 0.832. The van der Waals surface area contributed by atoms with Crippen LogP contribution in [0.1, 0.15) is 5.56 Å². The highest BCUT2D eigenvalue weighted by Crippen LogP contribution is 2.15. The highest BCUT2D eigenvalue weighted by Gasteiger charge is 1.98. The summed E-state index contributed by atoms with van der Waals surface area (Å²) in [7, 11) is 0. The molecule has 0 saturated carbocycles. The highest BCUT2D eigenvalue weighted by atomic mass is 32.1. The second-order valence-corrected chi connectivity index (χ2v) is 3.19. The van der Waals surface area contributed by atoms with Gasteiger partial charge in [0.25, 0.3) is 0 Å². The van der Waals surface area contributed by atoms with Gasteiger partial charge in [0.1, 0.15) is 0 Å². The molecule has 0 aliphatic carbocycles. The van der Waals surface area contributed by atoms with Crippen LogP contribution in [0.25, 0.3) is 10.9 Å². The molecule has 2 heteroatoms. The summed E-state index contributed by atoms with van der Waals surface area (Å²) in [4.78, 5) is 4.28. The Kier molecular flexibility index (Phi) is 2.32. The molecule has 0 atom stereocenters. The summed E-state index contributed by atoms with van der Waals surface area (Å²) >= 11 is 4.85. The Morgan fingerprint density at radius 1 is 1.23 bits per heavy atom. The molecule has 0 saturated heterocycles. The number of aromatic nitrogens is 1.